The standard InChI is InChI=1S/C13H17BrCl2N2O2S/c1-2-5-18(10-3-4-17-8-10)21(19,20)13-11(15)6-9(14)7-12(13)16/h6-7,10,17H,2-5,8H2,1H3. The molecule has 0 saturated carbocycles. The minimum atomic E-state index is -3.72. The first kappa shape index (κ1) is 17.5. The maximum absolute atomic E-state index is 13.0. The Bertz CT molecular complexity index is 596. The first-order chi connectivity index (χ1) is 9.87. The van der Waals surface area contributed by atoms with Gasteiger partial charge in [0.15, 0.2) is 0 Å². The van der Waals surface area contributed by atoms with E-state index in [4.69, 9.17) is 23.2 Å². The lowest BCUT2D eigenvalue weighted by molar-refractivity contribution is 0.335. The van der Waals surface area contributed by atoms with Gasteiger partial charge in [0.25, 0.3) is 0 Å². The van der Waals surface area contributed by atoms with Crippen LogP contribution in [0.1, 0.15) is 19.8 Å². The second-order valence-electron chi connectivity index (χ2n) is 4.96. The van der Waals surface area contributed by atoms with Gasteiger partial charge in [0, 0.05) is 23.6 Å². The van der Waals surface area contributed by atoms with E-state index in [-0.39, 0.29) is 21.0 Å². The third kappa shape index (κ3) is 3.74. The number of rotatable bonds is 5. The Kier molecular flexibility index (Phi) is 5.96. The number of hydrogen-bond acceptors (Lipinski definition) is 3. The molecule has 21 heavy (non-hydrogen) atoms. The van der Waals surface area contributed by atoms with Crippen LogP contribution in [0.25, 0.3) is 0 Å². The molecule has 0 spiro atoms. The van der Waals surface area contributed by atoms with Crippen LogP contribution < -0.4 is 5.32 Å². The summed E-state index contributed by atoms with van der Waals surface area (Å²) in [6.07, 6.45) is 1.53. The third-order valence-electron chi connectivity index (χ3n) is 3.42. The van der Waals surface area contributed by atoms with Crippen molar-refractivity contribution < 1.29 is 8.42 Å². The van der Waals surface area contributed by atoms with E-state index < -0.39 is 10.0 Å². The minimum absolute atomic E-state index is 0.00520. The molecule has 1 aliphatic rings. The van der Waals surface area contributed by atoms with Crippen LogP contribution >= 0.6 is 39.1 Å². The summed E-state index contributed by atoms with van der Waals surface area (Å²) < 4.78 is 28.1. The van der Waals surface area contributed by atoms with Crippen LogP contribution in [0.5, 0.6) is 0 Å². The van der Waals surface area contributed by atoms with E-state index in [0.29, 0.717) is 17.6 Å². The molecule has 118 valence electrons. The molecule has 0 amide bonds. The first-order valence-electron chi connectivity index (χ1n) is 6.75. The maximum Gasteiger partial charge on any atom is 0.246 e. The van der Waals surface area contributed by atoms with Gasteiger partial charge in [0.05, 0.1) is 10.0 Å². The maximum atomic E-state index is 13.0. The minimum Gasteiger partial charge on any atom is -0.315 e. The van der Waals surface area contributed by atoms with Crippen molar-refractivity contribution in [1.29, 1.82) is 0 Å². The molecule has 8 heteroatoms. The largest absolute Gasteiger partial charge is 0.315 e. The molecule has 1 fully saturated rings. The molecule has 1 unspecified atom stereocenters. The number of sulfonamides is 1. The summed E-state index contributed by atoms with van der Waals surface area (Å²) in [5.74, 6) is 0. The fourth-order valence-corrected chi connectivity index (χ4v) is 6.13. The molecule has 1 aliphatic heterocycles. The molecule has 1 heterocycles. The van der Waals surface area contributed by atoms with Gasteiger partial charge in [-0.3, -0.25) is 0 Å². The lowest BCUT2D eigenvalue weighted by atomic mass is 10.2. The van der Waals surface area contributed by atoms with Gasteiger partial charge in [-0.2, -0.15) is 4.31 Å². The Balaban J connectivity index is 2.48. The molecular weight excluding hydrogens is 399 g/mol. The second kappa shape index (κ2) is 7.15. The Hall–Kier alpha value is 0.150. The quantitative estimate of drug-likeness (QED) is 0.800. The molecule has 4 nitrogen and oxygen atoms in total. The first-order valence-corrected chi connectivity index (χ1v) is 9.74. The van der Waals surface area contributed by atoms with E-state index >= 15 is 0 Å². The highest BCUT2D eigenvalue weighted by Gasteiger charge is 2.35. The highest BCUT2D eigenvalue weighted by molar-refractivity contribution is 9.10. The van der Waals surface area contributed by atoms with Crippen LogP contribution in [0.15, 0.2) is 21.5 Å². The topological polar surface area (TPSA) is 49.4 Å². The van der Waals surface area contributed by atoms with E-state index in [2.05, 4.69) is 21.2 Å². The number of nitrogens with zero attached hydrogens (tertiary/aromatic N) is 1. The lowest BCUT2D eigenvalue weighted by Gasteiger charge is -2.28. The normalized spacial score (nSPS) is 19.4. The highest BCUT2D eigenvalue weighted by Crippen LogP contribution is 2.35. The van der Waals surface area contributed by atoms with E-state index in [1.54, 1.807) is 12.1 Å². The van der Waals surface area contributed by atoms with Crippen LogP contribution in [0.2, 0.25) is 10.0 Å². The van der Waals surface area contributed by atoms with Gasteiger partial charge >= 0.3 is 0 Å². The summed E-state index contributed by atoms with van der Waals surface area (Å²) in [7, 11) is -3.72. The molecule has 1 aromatic carbocycles. The fraction of sp³-hybridized carbons (Fsp3) is 0.538. The van der Waals surface area contributed by atoms with Gasteiger partial charge in [0.2, 0.25) is 10.0 Å². The van der Waals surface area contributed by atoms with E-state index in [1.165, 1.54) is 4.31 Å². The van der Waals surface area contributed by atoms with Crippen molar-refractivity contribution in [2.24, 2.45) is 0 Å². The monoisotopic (exact) mass is 414 g/mol. The van der Waals surface area contributed by atoms with Crippen molar-refractivity contribution in [2.45, 2.75) is 30.7 Å². The molecular formula is C13H17BrCl2N2O2S. The summed E-state index contributed by atoms with van der Waals surface area (Å²) in [5, 5.41) is 3.47. The number of benzene rings is 1. The van der Waals surface area contributed by atoms with Gasteiger partial charge in [-0.15, -0.1) is 0 Å². The molecule has 2 rings (SSSR count). The third-order valence-corrected chi connectivity index (χ3v) is 6.75. The smallest absolute Gasteiger partial charge is 0.246 e. The van der Waals surface area contributed by atoms with Gasteiger partial charge in [-0.05, 0) is 31.5 Å². The molecule has 1 saturated heterocycles. The molecule has 1 aromatic rings. The molecule has 0 radical (unpaired) electrons. The summed E-state index contributed by atoms with van der Waals surface area (Å²) in [4.78, 5) is -0.00520. The fourth-order valence-electron chi connectivity index (χ4n) is 2.50. The zero-order chi connectivity index (χ0) is 15.6. The summed E-state index contributed by atoms with van der Waals surface area (Å²) in [5.41, 5.74) is 0. The molecule has 0 aromatic heterocycles. The Labute approximate surface area is 144 Å². The van der Waals surface area contributed by atoms with Crippen molar-refractivity contribution >= 4 is 49.2 Å². The van der Waals surface area contributed by atoms with E-state index in [1.807, 2.05) is 6.92 Å². The number of nitrogens with one attached hydrogen (secondary N) is 1. The zero-order valence-corrected chi connectivity index (χ0v) is 15.5. The van der Waals surface area contributed by atoms with E-state index in [9.17, 15) is 8.42 Å². The molecule has 0 aliphatic carbocycles. The molecule has 1 N–H and O–H groups in total. The summed E-state index contributed by atoms with van der Waals surface area (Å²) >= 11 is 15.5. The predicted octanol–water partition coefficient (Wildman–Crippen LogP) is 3.52. The predicted molar refractivity (Wildman–Crippen MR) is 89.6 cm³/mol. The van der Waals surface area contributed by atoms with Crippen molar-refractivity contribution in [2.75, 3.05) is 19.6 Å². The van der Waals surface area contributed by atoms with Crippen LogP contribution in [0.3, 0.4) is 0 Å². The van der Waals surface area contributed by atoms with Crippen molar-refractivity contribution in [3.05, 3.63) is 26.7 Å². The van der Waals surface area contributed by atoms with Gasteiger partial charge in [-0.25, -0.2) is 8.42 Å². The highest BCUT2D eigenvalue weighted by atomic mass is 79.9. The lowest BCUT2D eigenvalue weighted by Crippen LogP contribution is -2.42. The Morgan fingerprint density at radius 1 is 1.38 bits per heavy atom. The second-order valence-corrected chi connectivity index (χ2v) is 8.52. The summed E-state index contributed by atoms with van der Waals surface area (Å²) in [6, 6.07) is 3.06. The number of halogens is 3. The Morgan fingerprint density at radius 2 is 2.00 bits per heavy atom. The van der Waals surface area contributed by atoms with Crippen molar-refractivity contribution in [1.82, 2.24) is 9.62 Å². The molecule has 0 bridgehead atoms. The number of hydrogen-bond donors (Lipinski definition) is 1. The van der Waals surface area contributed by atoms with Crippen LogP contribution in [-0.2, 0) is 10.0 Å². The van der Waals surface area contributed by atoms with Crippen LogP contribution in [0, 0.1) is 0 Å². The SMILES string of the molecule is CCCN(C1CCNC1)S(=O)(=O)c1c(Cl)cc(Br)cc1Cl. The van der Waals surface area contributed by atoms with Gasteiger partial charge in [-0.1, -0.05) is 46.1 Å². The Morgan fingerprint density at radius 3 is 2.48 bits per heavy atom. The zero-order valence-electron chi connectivity index (χ0n) is 11.6. The van der Waals surface area contributed by atoms with Crippen molar-refractivity contribution in [3.63, 3.8) is 0 Å². The summed E-state index contributed by atoms with van der Waals surface area (Å²) in [6.45, 7) is 3.89. The van der Waals surface area contributed by atoms with Crippen molar-refractivity contribution in [3.8, 4) is 0 Å². The van der Waals surface area contributed by atoms with Gasteiger partial charge < -0.3 is 5.32 Å². The van der Waals surface area contributed by atoms with Crippen LogP contribution in [-0.4, -0.2) is 38.4 Å². The van der Waals surface area contributed by atoms with E-state index in [0.717, 1.165) is 19.4 Å². The van der Waals surface area contributed by atoms with Gasteiger partial charge in [0.1, 0.15) is 4.90 Å². The van der Waals surface area contributed by atoms with Crippen LogP contribution in [0.4, 0.5) is 0 Å². The average Bonchev–Trinajstić information content (AvgIpc) is 2.87. The average molecular weight is 416 g/mol. The molecule has 1 atom stereocenters.